The van der Waals surface area contributed by atoms with E-state index in [1.54, 1.807) is 6.07 Å². The molecule has 1 saturated heterocycles. The van der Waals surface area contributed by atoms with E-state index in [1.165, 1.54) is 4.90 Å². The van der Waals surface area contributed by atoms with E-state index in [2.05, 4.69) is 10.5 Å². The molecule has 0 saturated carbocycles. The van der Waals surface area contributed by atoms with Crippen molar-refractivity contribution in [2.45, 2.75) is 25.5 Å². The van der Waals surface area contributed by atoms with Gasteiger partial charge in [0.05, 0.1) is 5.75 Å². The monoisotopic (exact) mass is 337 g/mol. The third-order valence-corrected chi connectivity index (χ3v) is 4.80. The molecule has 124 valence electrons. The van der Waals surface area contributed by atoms with Crippen LogP contribution in [0.5, 0.6) is 0 Å². The summed E-state index contributed by atoms with van der Waals surface area (Å²) in [6.45, 7) is 4.06. The van der Waals surface area contributed by atoms with Crippen molar-refractivity contribution in [3.8, 4) is 0 Å². The normalized spacial score (nSPS) is 16.2. The Labute approximate surface area is 126 Å². The average molecular weight is 337 g/mol. The number of nitrogens with one attached hydrogen (secondary N) is 1. The minimum atomic E-state index is -4.39. The number of aromatic nitrogens is 1. The third-order valence-electron chi connectivity index (χ3n) is 3.32. The van der Waals surface area contributed by atoms with Gasteiger partial charge in [-0.1, -0.05) is 19.0 Å². The van der Waals surface area contributed by atoms with Crippen molar-refractivity contribution in [3.63, 3.8) is 0 Å². The van der Waals surface area contributed by atoms with Gasteiger partial charge >= 0.3 is 11.8 Å². The molecular formula is C12H17F2N3O4S. The zero-order valence-corrected chi connectivity index (χ0v) is 12.9. The largest absolute Gasteiger partial charge is 0.359 e. The second kappa shape index (κ2) is 6.19. The molecule has 7 nitrogen and oxygen atoms in total. The zero-order valence-electron chi connectivity index (χ0n) is 12.1. The van der Waals surface area contributed by atoms with E-state index >= 15 is 0 Å². The molecule has 10 heteroatoms. The summed E-state index contributed by atoms with van der Waals surface area (Å²) in [6, 6.07) is 1.13. The van der Waals surface area contributed by atoms with Crippen LogP contribution in [0.3, 0.4) is 0 Å². The number of carbonyl (C=O) groups is 1. The van der Waals surface area contributed by atoms with Crippen LogP contribution in [0.4, 0.5) is 19.4 Å². The summed E-state index contributed by atoms with van der Waals surface area (Å²) in [5, 5.41) is 6.20. The average Bonchev–Trinajstić information content (AvgIpc) is 2.81. The van der Waals surface area contributed by atoms with E-state index in [0.717, 1.165) is 0 Å². The molecule has 0 radical (unpaired) electrons. The molecule has 1 N–H and O–H groups in total. The molecule has 0 unspecified atom stereocenters. The number of amides is 2. The fourth-order valence-corrected chi connectivity index (χ4v) is 3.06. The minimum absolute atomic E-state index is 0.118. The summed E-state index contributed by atoms with van der Waals surface area (Å²) >= 11 is 0. The Morgan fingerprint density at radius 3 is 2.64 bits per heavy atom. The Kier molecular flexibility index (Phi) is 4.69. The van der Waals surface area contributed by atoms with Crippen LogP contribution in [0.15, 0.2) is 10.6 Å². The predicted molar refractivity (Wildman–Crippen MR) is 74.5 cm³/mol. The molecule has 1 aromatic rings. The van der Waals surface area contributed by atoms with Crippen LogP contribution < -0.4 is 5.32 Å². The number of carbonyl (C=O) groups excluding carboxylic acids is 1. The van der Waals surface area contributed by atoms with Gasteiger partial charge in [-0.15, -0.1) is 0 Å². The van der Waals surface area contributed by atoms with Crippen LogP contribution in [0, 0.1) is 5.92 Å². The fourth-order valence-electron chi connectivity index (χ4n) is 2.05. The Balaban J connectivity index is 1.82. The highest BCUT2D eigenvalue weighted by Crippen LogP contribution is 2.22. The van der Waals surface area contributed by atoms with E-state index in [1.807, 2.05) is 13.8 Å². The zero-order chi connectivity index (χ0) is 16.5. The Morgan fingerprint density at radius 1 is 1.50 bits per heavy atom. The number of sulfone groups is 1. The first kappa shape index (κ1) is 16.7. The van der Waals surface area contributed by atoms with Crippen molar-refractivity contribution in [1.82, 2.24) is 10.1 Å². The van der Waals surface area contributed by atoms with Crippen LogP contribution in [-0.4, -0.2) is 49.1 Å². The number of rotatable bonds is 5. The summed E-state index contributed by atoms with van der Waals surface area (Å²) in [6.07, 6.45) is 0. The van der Waals surface area contributed by atoms with Gasteiger partial charge in [0.25, 0.3) is 0 Å². The lowest BCUT2D eigenvalue weighted by atomic mass is 10.0. The molecular weight excluding hydrogens is 320 g/mol. The van der Waals surface area contributed by atoms with Gasteiger partial charge in [-0.05, 0) is 0 Å². The molecule has 0 atom stereocenters. The van der Waals surface area contributed by atoms with Crippen molar-refractivity contribution in [1.29, 1.82) is 0 Å². The summed E-state index contributed by atoms with van der Waals surface area (Å²) in [5.41, 5.74) is 0. The molecule has 1 aliphatic heterocycles. The minimum Gasteiger partial charge on any atom is -0.359 e. The highest BCUT2D eigenvalue weighted by atomic mass is 32.2. The summed E-state index contributed by atoms with van der Waals surface area (Å²) < 4.78 is 51.7. The van der Waals surface area contributed by atoms with Gasteiger partial charge in [0.1, 0.15) is 5.76 Å². The first-order valence-corrected chi connectivity index (χ1v) is 8.43. The molecule has 1 aliphatic rings. The molecule has 22 heavy (non-hydrogen) atoms. The first-order chi connectivity index (χ1) is 10.2. The van der Waals surface area contributed by atoms with Crippen LogP contribution >= 0.6 is 0 Å². The second-order valence-electron chi connectivity index (χ2n) is 5.56. The number of likely N-dealkylation sites (tertiary alicyclic amines) is 1. The van der Waals surface area contributed by atoms with Gasteiger partial charge in [-0.3, -0.25) is 5.32 Å². The van der Waals surface area contributed by atoms with Crippen LogP contribution in [0.2, 0.25) is 0 Å². The Bertz CT molecular complexity index is 639. The van der Waals surface area contributed by atoms with Crippen LogP contribution in [0.25, 0.3) is 0 Å². The van der Waals surface area contributed by atoms with E-state index in [4.69, 9.17) is 4.52 Å². The highest BCUT2D eigenvalue weighted by Gasteiger charge is 2.37. The van der Waals surface area contributed by atoms with Gasteiger partial charge in [-0.25, -0.2) is 13.2 Å². The maximum atomic E-state index is 12.2. The van der Waals surface area contributed by atoms with Crippen molar-refractivity contribution >= 4 is 21.7 Å². The molecule has 0 aromatic carbocycles. The van der Waals surface area contributed by atoms with E-state index in [9.17, 15) is 22.0 Å². The summed E-state index contributed by atoms with van der Waals surface area (Å²) in [4.78, 5) is 13.2. The fraction of sp³-hybridized carbons (Fsp3) is 0.667. The number of anilines is 1. The lowest BCUT2D eigenvalue weighted by Gasteiger charge is -2.38. The molecule has 1 aromatic heterocycles. The number of alkyl halides is 2. The molecule has 2 amide bonds. The Hall–Kier alpha value is -1.71. The maximum absolute atomic E-state index is 12.2. The van der Waals surface area contributed by atoms with E-state index < -0.39 is 33.3 Å². The van der Waals surface area contributed by atoms with Gasteiger partial charge in [0.15, 0.2) is 5.82 Å². The molecule has 0 aliphatic carbocycles. The van der Waals surface area contributed by atoms with Gasteiger partial charge in [0.2, 0.25) is 9.84 Å². The van der Waals surface area contributed by atoms with Crippen molar-refractivity contribution < 1.29 is 26.5 Å². The van der Waals surface area contributed by atoms with Crippen molar-refractivity contribution in [3.05, 3.63) is 11.8 Å². The second-order valence-corrected chi connectivity index (χ2v) is 7.58. The summed E-state index contributed by atoms with van der Waals surface area (Å²) in [7, 11) is -4.39. The number of hydrogen-bond acceptors (Lipinski definition) is 5. The predicted octanol–water partition coefficient (Wildman–Crippen LogP) is 1.90. The van der Waals surface area contributed by atoms with Gasteiger partial charge in [-0.2, -0.15) is 8.78 Å². The van der Waals surface area contributed by atoms with E-state index in [-0.39, 0.29) is 24.8 Å². The standard InChI is InChI=1S/C12H17F2N3O4S/c1-7(2)9-3-10(16-21-9)15-12(18)17-4-8(5-17)6-22(19,20)11(13)14/h3,7-8,11H,4-6H2,1-2H3,(H,15,16,18). The summed E-state index contributed by atoms with van der Waals surface area (Å²) in [5.74, 6) is -3.44. The Morgan fingerprint density at radius 2 is 2.14 bits per heavy atom. The van der Waals surface area contributed by atoms with Crippen LogP contribution in [0.1, 0.15) is 25.5 Å². The number of nitrogens with zero attached hydrogens (tertiary/aromatic N) is 2. The van der Waals surface area contributed by atoms with Crippen molar-refractivity contribution in [2.24, 2.45) is 5.92 Å². The van der Waals surface area contributed by atoms with Gasteiger partial charge in [0, 0.05) is 31.0 Å². The molecule has 0 spiro atoms. The number of hydrogen-bond donors (Lipinski definition) is 1. The van der Waals surface area contributed by atoms with Gasteiger partial charge < -0.3 is 9.42 Å². The lowest BCUT2D eigenvalue weighted by molar-refractivity contribution is 0.140. The van der Waals surface area contributed by atoms with E-state index in [0.29, 0.717) is 5.76 Å². The topological polar surface area (TPSA) is 92.5 Å². The number of halogens is 2. The smallest absolute Gasteiger partial charge is 0.336 e. The first-order valence-electron chi connectivity index (χ1n) is 6.71. The molecule has 2 rings (SSSR count). The number of urea groups is 1. The van der Waals surface area contributed by atoms with Crippen molar-refractivity contribution in [2.75, 3.05) is 24.2 Å². The molecule has 2 heterocycles. The highest BCUT2D eigenvalue weighted by molar-refractivity contribution is 7.91. The molecule has 1 fully saturated rings. The SMILES string of the molecule is CC(C)c1cc(NC(=O)N2CC(CS(=O)(=O)C(F)F)C2)no1. The van der Waals surface area contributed by atoms with Crippen LogP contribution in [-0.2, 0) is 9.84 Å². The quantitative estimate of drug-likeness (QED) is 0.886. The third kappa shape index (κ3) is 3.73. The lowest BCUT2D eigenvalue weighted by Crippen LogP contribution is -2.54. The molecule has 0 bridgehead atoms. The maximum Gasteiger partial charge on any atom is 0.336 e.